The molecular weight excluding hydrogens is 276 g/mol. The topological polar surface area (TPSA) is 66.9 Å². The van der Waals surface area contributed by atoms with Gasteiger partial charge in [-0.15, -0.1) is 0 Å². The molecule has 2 heterocycles. The number of hydrogen-bond acceptors (Lipinski definition) is 4. The molecule has 114 valence electrons. The highest BCUT2D eigenvalue weighted by atomic mass is 16.1. The molecule has 0 radical (unpaired) electrons. The van der Waals surface area contributed by atoms with E-state index in [0.29, 0.717) is 0 Å². The first kappa shape index (κ1) is 14.7. The Labute approximate surface area is 130 Å². The Morgan fingerprint density at radius 3 is 3.05 bits per heavy atom. The predicted molar refractivity (Wildman–Crippen MR) is 86.4 cm³/mol. The van der Waals surface area contributed by atoms with Crippen molar-refractivity contribution in [3.05, 3.63) is 42.4 Å². The van der Waals surface area contributed by atoms with Crippen LogP contribution in [0.25, 0.3) is 11.3 Å². The van der Waals surface area contributed by atoms with E-state index in [2.05, 4.69) is 20.6 Å². The predicted octanol–water partition coefficient (Wildman–Crippen LogP) is 2.39. The number of carbonyl (C=O) groups excluding carboxylic acids is 1. The van der Waals surface area contributed by atoms with Crippen LogP contribution in [0.4, 0.5) is 5.69 Å². The lowest BCUT2D eigenvalue weighted by Crippen LogP contribution is -2.37. The highest BCUT2D eigenvalue weighted by Gasteiger charge is 2.20. The molecule has 0 spiro atoms. The van der Waals surface area contributed by atoms with E-state index in [1.165, 1.54) is 0 Å². The number of nitrogens with zero attached hydrogens (tertiary/aromatic N) is 2. The second-order valence-electron chi connectivity index (χ2n) is 5.60. The Kier molecular flexibility index (Phi) is 4.44. The zero-order valence-electron chi connectivity index (χ0n) is 12.7. The van der Waals surface area contributed by atoms with Gasteiger partial charge in [0.25, 0.3) is 0 Å². The average Bonchev–Trinajstić information content (AvgIpc) is 2.56. The van der Waals surface area contributed by atoms with Crippen LogP contribution in [0.15, 0.2) is 36.5 Å². The normalized spacial score (nSPS) is 18.0. The summed E-state index contributed by atoms with van der Waals surface area (Å²) in [7, 11) is 0. The molecule has 0 bridgehead atoms. The van der Waals surface area contributed by atoms with Crippen LogP contribution in [-0.4, -0.2) is 29.0 Å². The van der Waals surface area contributed by atoms with E-state index < -0.39 is 0 Å². The number of benzene rings is 1. The lowest BCUT2D eigenvalue weighted by molar-refractivity contribution is -0.120. The Balaban J connectivity index is 1.75. The fourth-order valence-corrected chi connectivity index (χ4v) is 2.69. The summed E-state index contributed by atoms with van der Waals surface area (Å²) in [5, 5.41) is 6.28. The molecule has 1 aromatic heterocycles. The number of aryl methyl sites for hydroxylation is 1. The van der Waals surface area contributed by atoms with Gasteiger partial charge in [-0.05, 0) is 44.5 Å². The SMILES string of the molecule is Cc1nccc(-c2cccc(NC(=O)C3CCCNC3)c2)n1. The van der Waals surface area contributed by atoms with Gasteiger partial charge >= 0.3 is 0 Å². The maximum Gasteiger partial charge on any atom is 0.228 e. The standard InChI is InChI=1S/C17H20N4O/c1-12-19-9-7-16(20-12)13-4-2-6-15(10-13)21-17(22)14-5-3-8-18-11-14/h2,4,6-7,9-10,14,18H,3,5,8,11H2,1H3,(H,21,22). The van der Waals surface area contributed by atoms with E-state index in [4.69, 9.17) is 0 Å². The summed E-state index contributed by atoms with van der Waals surface area (Å²) in [4.78, 5) is 20.8. The van der Waals surface area contributed by atoms with Crippen molar-refractivity contribution >= 4 is 11.6 Å². The van der Waals surface area contributed by atoms with Crippen LogP contribution in [0, 0.1) is 12.8 Å². The summed E-state index contributed by atoms with van der Waals surface area (Å²) in [6, 6.07) is 9.65. The third kappa shape index (κ3) is 3.49. The molecule has 3 rings (SSSR count). The largest absolute Gasteiger partial charge is 0.326 e. The van der Waals surface area contributed by atoms with E-state index in [1.807, 2.05) is 37.3 Å². The molecule has 5 nitrogen and oxygen atoms in total. The molecule has 0 aliphatic carbocycles. The minimum atomic E-state index is 0.0544. The van der Waals surface area contributed by atoms with Gasteiger partial charge in [0.2, 0.25) is 5.91 Å². The number of anilines is 1. The van der Waals surface area contributed by atoms with E-state index in [-0.39, 0.29) is 11.8 Å². The Morgan fingerprint density at radius 2 is 2.27 bits per heavy atom. The number of nitrogens with one attached hydrogen (secondary N) is 2. The number of aromatic nitrogens is 2. The lowest BCUT2D eigenvalue weighted by atomic mass is 9.98. The number of hydrogen-bond donors (Lipinski definition) is 2. The summed E-state index contributed by atoms with van der Waals surface area (Å²) in [6.07, 6.45) is 3.75. The minimum Gasteiger partial charge on any atom is -0.326 e. The fraction of sp³-hybridized carbons (Fsp3) is 0.353. The first-order valence-corrected chi connectivity index (χ1v) is 7.64. The Hall–Kier alpha value is -2.27. The van der Waals surface area contributed by atoms with Gasteiger partial charge in [-0.3, -0.25) is 4.79 Å². The van der Waals surface area contributed by atoms with Gasteiger partial charge in [0, 0.05) is 24.0 Å². The van der Waals surface area contributed by atoms with Gasteiger partial charge < -0.3 is 10.6 Å². The zero-order valence-corrected chi connectivity index (χ0v) is 12.7. The highest BCUT2D eigenvalue weighted by Crippen LogP contribution is 2.21. The fourth-order valence-electron chi connectivity index (χ4n) is 2.69. The zero-order chi connectivity index (χ0) is 15.4. The van der Waals surface area contributed by atoms with E-state index in [0.717, 1.165) is 48.7 Å². The molecule has 22 heavy (non-hydrogen) atoms. The first-order chi connectivity index (χ1) is 10.7. The van der Waals surface area contributed by atoms with E-state index in [9.17, 15) is 4.79 Å². The molecular formula is C17H20N4O. The quantitative estimate of drug-likeness (QED) is 0.912. The van der Waals surface area contributed by atoms with Gasteiger partial charge in [0.05, 0.1) is 11.6 Å². The van der Waals surface area contributed by atoms with Gasteiger partial charge in [0.1, 0.15) is 5.82 Å². The van der Waals surface area contributed by atoms with Crippen LogP contribution >= 0.6 is 0 Å². The summed E-state index contributed by atoms with van der Waals surface area (Å²) < 4.78 is 0. The first-order valence-electron chi connectivity index (χ1n) is 7.64. The average molecular weight is 296 g/mol. The summed E-state index contributed by atoms with van der Waals surface area (Å²) >= 11 is 0. The third-order valence-electron chi connectivity index (χ3n) is 3.87. The van der Waals surface area contributed by atoms with Crippen LogP contribution in [0.5, 0.6) is 0 Å². The molecule has 1 fully saturated rings. The highest BCUT2D eigenvalue weighted by molar-refractivity contribution is 5.93. The van der Waals surface area contributed by atoms with Crippen LogP contribution < -0.4 is 10.6 Å². The van der Waals surface area contributed by atoms with Crippen molar-refractivity contribution in [3.63, 3.8) is 0 Å². The molecule has 1 aromatic carbocycles. The van der Waals surface area contributed by atoms with Crippen molar-refractivity contribution in [2.75, 3.05) is 18.4 Å². The Morgan fingerprint density at radius 1 is 1.36 bits per heavy atom. The van der Waals surface area contributed by atoms with Crippen LogP contribution in [0.2, 0.25) is 0 Å². The molecule has 1 amide bonds. The molecule has 2 N–H and O–H groups in total. The van der Waals surface area contributed by atoms with Gasteiger partial charge in [-0.2, -0.15) is 0 Å². The lowest BCUT2D eigenvalue weighted by Gasteiger charge is -2.22. The summed E-state index contributed by atoms with van der Waals surface area (Å²) in [6.45, 7) is 3.63. The van der Waals surface area contributed by atoms with Crippen molar-refractivity contribution in [3.8, 4) is 11.3 Å². The minimum absolute atomic E-state index is 0.0544. The summed E-state index contributed by atoms with van der Waals surface area (Å²) in [5.74, 6) is 0.877. The van der Waals surface area contributed by atoms with E-state index >= 15 is 0 Å². The maximum atomic E-state index is 12.3. The molecule has 0 saturated carbocycles. The number of amides is 1. The molecule has 1 aliphatic heterocycles. The van der Waals surface area contributed by atoms with Crippen molar-refractivity contribution in [1.82, 2.24) is 15.3 Å². The molecule has 1 saturated heterocycles. The van der Waals surface area contributed by atoms with Crippen molar-refractivity contribution in [2.45, 2.75) is 19.8 Å². The molecule has 2 aromatic rings. The number of rotatable bonds is 3. The van der Waals surface area contributed by atoms with Crippen molar-refractivity contribution in [2.24, 2.45) is 5.92 Å². The molecule has 1 atom stereocenters. The van der Waals surface area contributed by atoms with Gasteiger partial charge in [0.15, 0.2) is 0 Å². The van der Waals surface area contributed by atoms with Crippen molar-refractivity contribution < 1.29 is 4.79 Å². The smallest absolute Gasteiger partial charge is 0.228 e. The number of carbonyl (C=O) groups is 1. The van der Waals surface area contributed by atoms with E-state index in [1.54, 1.807) is 6.20 Å². The number of piperidine rings is 1. The van der Waals surface area contributed by atoms with Crippen LogP contribution in [-0.2, 0) is 4.79 Å². The third-order valence-corrected chi connectivity index (χ3v) is 3.87. The molecule has 1 unspecified atom stereocenters. The van der Waals surface area contributed by atoms with Crippen molar-refractivity contribution in [1.29, 1.82) is 0 Å². The Bertz CT molecular complexity index is 665. The summed E-state index contributed by atoms with van der Waals surface area (Å²) in [5.41, 5.74) is 2.65. The monoisotopic (exact) mass is 296 g/mol. The van der Waals surface area contributed by atoms with Gasteiger partial charge in [-0.1, -0.05) is 12.1 Å². The molecule has 1 aliphatic rings. The van der Waals surface area contributed by atoms with Crippen LogP contribution in [0.3, 0.4) is 0 Å². The second kappa shape index (κ2) is 6.66. The van der Waals surface area contributed by atoms with Crippen LogP contribution in [0.1, 0.15) is 18.7 Å². The molecule has 5 heteroatoms. The maximum absolute atomic E-state index is 12.3. The van der Waals surface area contributed by atoms with Gasteiger partial charge in [-0.25, -0.2) is 9.97 Å². The second-order valence-corrected chi connectivity index (χ2v) is 5.60.